The first kappa shape index (κ1) is 25.9. The molecule has 12 nitrogen and oxygen atoms in total. The van der Waals surface area contributed by atoms with Crippen LogP contribution in [0.15, 0.2) is 28.4 Å². The van der Waals surface area contributed by atoms with Gasteiger partial charge in [-0.15, -0.1) is 0 Å². The molecular formula is C25H34N10O2. The molecule has 1 N–H and O–H groups in total. The van der Waals surface area contributed by atoms with Crippen molar-refractivity contribution >= 4 is 33.9 Å². The van der Waals surface area contributed by atoms with Gasteiger partial charge in [0, 0.05) is 36.7 Å². The van der Waals surface area contributed by atoms with Crippen molar-refractivity contribution in [1.29, 1.82) is 0 Å². The van der Waals surface area contributed by atoms with Crippen LogP contribution in [0.25, 0.3) is 33.9 Å². The number of nitrogens with one attached hydrogen (secondary N) is 1. The summed E-state index contributed by atoms with van der Waals surface area (Å²) in [5.74, 6) is 1.22. The lowest BCUT2D eigenvalue weighted by atomic mass is 10.4. The molecule has 0 amide bonds. The molecule has 0 bridgehead atoms. The highest BCUT2D eigenvalue weighted by atomic mass is 16.1. The summed E-state index contributed by atoms with van der Waals surface area (Å²) in [7, 11) is 1.91. The molecule has 0 fully saturated rings. The van der Waals surface area contributed by atoms with Crippen molar-refractivity contribution in [3.8, 4) is 0 Å². The molecule has 0 saturated carbocycles. The highest BCUT2D eigenvalue weighted by Crippen LogP contribution is 2.17. The average molecular weight is 507 g/mol. The SMILES string of the molecule is C.Cc1[nH]c2nc3c(ncn3C(C)C)c(=O)n2c1C.Cc1cn2c(=O)c3ncn(C(C)C)c3n(C)c2n1. The molecule has 6 heterocycles. The van der Waals surface area contributed by atoms with E-state index in [2.05, 4.69) is 38.8 Å². The van der Waals surface area contributed by atoms with Gasteiger partial charge in [0.15, 0.2) is 16.7 Å². The second-order valence-electron chi connectivity index (χ2n) is 9.66. The lowest BCUT2D eigenvalue weighted by molar-refractivity contribution is 0.604. The molecule has 0 spiro atoms. The number of imidazole rings is 4. The van der Waals surface area contributed by atoms with Gasteiger partial charge < -0.3 is 14.1 Å². The third kappa shape index (κ3) is 3.83. The highest BCUT2D eigenvalue weighted by molar-refractivity contribution is 5.73. The Labute approximate surface area is 213 Å². The van der Waals surface area contributed by atoms with Crippen molar-refractivity contribution in [3.63, 3.8) is 0 Å². The number of aryl methyl sites for hydroxylation is 4. The maximum absolute atomic E-state index is 12.4. The van der Waals surface area contributed by atoms with Gasteiger partial charge in [-0.05, 0) is 48.5 Å². The number of aromatic amines is 1. The summed E-state index contributed by atoms with van der Waals surface area (Å²) in [4.78, 5) is 45.2. The quantitative estimate of drug-likeness (QED) is 0.383. The zero-order valence-electron chi connectivity index (χ0n) is 21.7. The molecule has 0 radical (unpaired) electrons. The van der Waals surface area contributed by atoms with E-state index < -0.39 is 0 Å². The number of hydrogen-bond acceptors (Lipinski definition) is 6. The van der Waals surface area contributed by atoms with Gasteiger partial charge in [0.1, 0.15) is 5.65 Å². The standard InChI is InChI=1S/2C12H15N5O.CH4/c1-7(2)17-6-13-9-10(17)15(4)12-14-8(3)5-16(12)11(9)18;1-6(2)16-5-13-9-10(16)15-12-14-7(3)8(4)17(12)11(9)18;/h5-7H,1-4H3;5-6H,1-4H3,(H,14,15);1H4. The first-order valence-electron chi connectivity index (χ1n) is 11.9. The zero-order valence-corrected chi connectivity index (χ0v) is 21.7. The van der Waals surface area contributed by atoms with E-state index in [0.29, 0.717) is 28.2 Å². The molecule has 0 aliphatic rings. The maximum atomic E-state index is 12.4. The first-order valence-corrected chi connectivity index (χ1v) is 11.9. The first-order chi connectivity index (χ1) is 17.0. The van der Waals surface area contributed by atoms with E-state index >= 15 is 0 Å². The summed E-state index contributed by atoms with van der Waals surface area (Å²) in [5.41, 5.74) is 4.77. The Morgan fingerprint density at radius 3 is 2.14 bits per heavy atom. The molecule has 6 aromatic heterocycles. The summed E-state index contributed by atoms with van der Waals surface area (Å²) in [6, 6.07) is 0.473. The van der Waals surface area contributed by atoms with Crippen molar-refractivity contribution in [1.82, 2.24) is 47.4 Å². The Bertz CT molecular complexity index is 1890. The number of rotatable bonds is 2. The lowest BCUT2D eigenvalue weighted by Crippen LogP contribution is -2.18. The van der Waals surface area contributed by atoms with Gasteiger partial charge in [-0.2, -0.15) is 4.98 Å². The van der Waals surface area contributed by atoms with Crippen LogP contribution in [0.3, 0.4) is 0 Å². The largest absolute Gasteiger partial charge is 0.327 e. The van der Waals surface area contributed by atoms with Crippen molar-refractivity contribution in [2.75, 3.05) is 0 Å². The molecule has 0 aromatic carbocycles. The number of nitrogens with zero attached hydrogens (tertiary/aromatic N) is 9. The number of hydrogen-bond donors (Lipinski definition) is 1. The molecule has 6 rings (SSSR count). The predicted octanol–water partition coefficient (Wildman–Crippen LogP) is 3.48. The maximum Gasteiger partial charge on any atom is 0.287 e. The fourth-order valence-corrected chi connectivity index (χ4v) is 4.46. The monoisotopic (exact) mass is 506 g/mol. The second-order valence-corrected chi connectivity index (χ2v) is 9.66. The van der Waals surface area contributed by atoms with Crippen LogP contribution in [0, 0.1) is 20.8 Å². The molecule has 0 saturated heterocycles. The Morgan fingerprint density at radius 2 is 1.49 bits per heavy atom. The van der Waals surface area contributed by atoms with Crippen LogP contribution in [0.4, 0.5) is 0 Å². The van der Waals surface area contributed by atoms with Crippen LogP contribution in [0.2, 0.25) is 0 Å². The summed E-state index contributed by atoms with van der Waals surface area (Å²) in [5, 5.41) is 0. The van der Waals surface area contributed by atoms with Crippen LogP contribution < -0.4 is 11.1 Å². The van der Waals surface area contributed by atoms with Gasteiger partial charge in [0.05, 0.1) is 18.3 Å². The van der Waals surface area contributed by atoms with Gasteiger partial charge in [0.25, 0.3) is 11.1 Å². The van der Waals surface area contributed by atoms with Crippen molar-refractivity contribution in [2.45, 2.75) is 68.0 Å². The summed E-state index contributed by atoms with van der Waals surface area (Å²) in [6.07, 6.45) is 5.12. The minimum atomic E-state index is -0.115. The minimum Gasteiger partial charge on any atom is -0.327 e. The normalized spacial score (nSPS) is 11.7. The molecule has 0 aliphatic carbocycles. The number of fused-ring (bicyclic) bond motifs is 4. The van der Waals surface area contributed by atoms with Gasteiger partial charge in [0.2, 0.25) is 11.6 Å². The molecule has 196 valence electrons. The zero-order chi connectivity index (χ0) is 26.0. The molecule has 37 heavy (non-hydrogen) atoms. The van der Waals surface area contributed by atoms with Gasteiger partial charge in [-0.3, -0.25) is 14.2 Å². The van der Waals surface area contributed by atoms with Crippen LogP contribution in [-0.2, 0) is 7.05 Å². The van der Waals surface area contributed by atoms with Gasteiger partial charge in [-0.25, -0.2) is 23.8 Å². The fourth-order valence-electron chi connectivity index (χ4n) is 4.46. The van der Waals surface area contributed by atoms with Crippen molar-refractivity contribution < 1.29 is 0 Å². The van der Waals surface area contributed by atoms with Crippen molar-refractivity contribution in [2.24, 2.45) is 7.05 Å². The molecule has 12 heteroatoms. The number of H-pyrrole nitrogens is 1. The van der Waals surface area contributed by atoms with Crippen LogP contribution in [0.5, 0.6) is 0 Å². The van der Waals surface area contributed by atoms with E-state index in [4.69, 9.17) is 0 Å². The van der Waals surface area contributed by atoms with E-state index in [9.17, 15) is 9.59 Å². The Kier molecular flexibility index (Phi) is 6.30. The summed E-state index contributed by atoms with van der Waals surface area (Å²) in [6.45, 7) is 13.9. The Hall–Kier alpha value is -4.22. The van der Waals surface area contributed by atoms with Crippen LogP contribution in [-0.4, -0.2) is 47.4 Å². The second kappa shape index (κ2) is 9.02. The molecule has 6 aromatic rings. The van der Waals surface area contributed by atoms with Gasteiger partial charge >= 0.3 is 0 Å². The lowest BCUT2D eigenvalue weighted by Gasteiger charge is -2.11. The smallest absolute Gasteiger partial charge is 0.287 e. The minimum absolute atomic E-state index is 0. The van der Waals surface area contributed by atoms with E-state index in [1.54, 1.807) is 27.7 Å². The number of aromatic nitrogens is 10. The predicted molar refractivity (Wildman–Crippen MR) is 145 cm³/mol. The Morgan fingerprint density at radius 1 is 0.865 bits per heavy atom. The molecule has 0 unspecified atom stereocenters. The van der Waals surface area contributed by atoms with E-state index in [-0.39, 0.29) is 30.6 Å². The van der Waals surface area contributed by atoms with E-state index in [0.717, 1.165) is 22.7 Å². The van der Waals surface area contributed by atoms with Crippen LogP contribution >= 0.6 is 0 Å². The Balaban J connectivity index is 0.000000168. The van der Waals surface area contributed by atoms with Crippen LogP contribution in [0.1, 0.15) is 64.3 Å². The third-order valence-corrected chi connectivity index (χ3v) is 6.50. The fraction of sp³-hybridized carbons (Fsp3) is 0.440. The topological polar surface area (TPSA) is 125 Å². The highest BCUT2D eigenvalue weighted by Gasteiger charge is 2.17. The third-order valence-electron chi connectivity index (χ3n) is 6.50. The van der Waals surface area contributed by atoms with Crippen molar-refractivity contribution in [3.05, 3.63) is 56.6 Å². The van der Waals surface area contributed by atoms with E-state index in [1.807, 2.05) is 55.4 Å². The summed E-state index contributed by atoms with van der Waals surface area (Å²) < 4.78 is 8.93. The molecule has 0 aliphatic heterocycles. The van der Waals surface area contributed by atoms with E-state index in [1.165, 1.54) is 0 Å². The van der Waals surface area contributed by atoms with Gasteiger partial charge in [-0.1, -0.05) is 7.43 Å². The molecule has 0 atom stereocenters. The molecular weight excluding hydrogens is 472 g/mol. The average Bonchev–Trinajstić information content (AvgIpc) is 3.57. The summed E-state index contributed by atoms with van der Waals surface area (Å²) >= 11 is 0.